The fraction of sp³-hybridized carbons (Fsp3) is 0.321. The molecule has 1 fully saturated rings. The van der Waals surface area contributed by atoms with Gasteiger partial charge in [0.2, 0.25) is 0 Å². The first-order valence-electron chi connectivity index (χ1n) is 12.3. The molecule has 1 atom stereocenters. The lowest BCUT2D eigenvalue weighted by molar-refractivity contribution is -0.132. The van der Waals surface area contributed by atoms with E-state index in [1.165, 1.54) is 23.2 Å². The van der Waals surface area contributed by atoms with E-state index in [2.05, 4.69) is 10.3 Å². The molecule has 0 bridgehead atoms. The van der Waals surface area contributed by atoms with E-state index in [9.17, 15) is 27.9 Å². The quantitative estimate of drug-likeness (QED) is 0.473. The van der Waals surface area contributed by atoms with E-state index < -0.39 is 34.5 Å². The van der Waals surface area contributed by atoms with Gasteiger partial charge in [-0.25, -0.2) is 13.2 Å². The summed E-state index contributed by atoms with van der Waals surface area (Å²) in [6.45, 7) is 1.94. The Labute approximate surface area is 222 Å². The molecule has 0 radical (unpaired) electrons. The summed E-state index contributed by atoms with van der Waals surface area (Å²) in [5, 5.41) is 14.9. The molecule has 198 valence electrons. The van der Waals surface area contributed by atoms with Crippen molar-refractivity contribution in [2.75, 3.05) is 11.4 Å². The van der Waals surface area contributed by atoms with E-state index in [1.54, 1.807) is 13.0 Å². The zero-order valence-electron chi connectivity index (χ0n) is 20.5. The van der Waals surface area contributed by atoms with Crippen molar-refractivity contribution in [1.29, 1.82) is 0 Å². The van der Waals surface area contributed by atoms with Crippen molar-refractivity contribution in [1.82, 2.24) is 10.3 Å². The highest BCUT2D eigenvalue weighted by Gasteiger charge is 2.53. The summed E-state index contributed by atoms with van der Waals surface area (Å²) < 4.78 is 42.9. The molecule has 2 amide bonds. The van der Waals surface area contributed by atoms with Gasteiger partial charge in [0, 0.05) is 29.9 Å². The first-order valence-corrected chi connectivity index (χ1v) is 12.7. The molecule has 3 aromatic rings. The van der Waals surface area contributed by atoms with Crippen molar-refractivity contribution in [3.63, 3.8) is 0 Å². The van der Waals surface area contributed by atoms with Gasteiger partial charge in [0.15, 0.2) is 17.2 Å². The van der Waals surface area contributed by atoms with Crippen molar-refractivity contribution < 1.29 is 27.9 Å². The molecular formula is C28H25ClF3N3O3. The highest BCUT2D eigenvalue weighted by atomic mass is 35.5. The number of amides is 2. The maximum atomic E-state index is 14.7. The Balaban J connectivity index is 1.32. The molecule has 0 spiro atoms. The highest BCUT2D eigenvalue weighted by molar-refractivity contribution is 6.30. The molecule has 1 aliphatic heterocycles. The van der Waals surface area contributed by atoms with Crippen LogP contribution < -0.4 is 10.2 Å². The Kier molecular flexibility index (Phi) is 6.92. The molecule has 38 heavy (non-hydrogen) atoms. The molecule has 10 heteroatoms. The average Bonchev–Trinajstić information content (AvgIpc) is 3.10. The minimum absolute atomic E-state index is 0.0132. The van der Waals surface area contributed by atoms with Crippen LogP contribution in [0.3, 0.4) is 0 Å². The van der Waals surface area contributed by atoms with Gasteiger partial charge >= 0.3 is 0 Å². The van der Waals surface area contributed by atoms with Gasteiger partial charge in [-0.2, -0.15) is 0 Å². The van der Waals surface area contributed by atoms with Crippen molar-refractivity contribution >= 4 is 29.1 Å². The second-order valence-electron chi connectivity index (χ2n) is 9.87. The van der Waals surface area contributed by atoms with Gasteiger partial charge in [0.25, 0.3) is 11.8 Å². The number of rotatable bonds is 5. The lowest BCUT2D eigenvalue weighted by Crippen LogP contribution is -2.45. The van der Waals surface area contributed by atoms with Gasteiger partial charge < -0.3 is 15.3 Å². The molecule has 1 aromatic heterocycles. The number of fused-ring (bicyclic) bond motifs is 1. The standard InChI is InChI=1S/C28H25ClF3N3O3/c1-15-20(11-17(29)13-33-15)26(36)34-19-8-5-16(6-9-19)14-35-24-10-7-18(30)12-22(24)28(38,27(35)37)21-3-2-4-23(31)25(21)32/h2-4,7,10-13,16,19,38H,5-6,8-9,14H2,1H3,(H,34,36). The number of aromatic nitrogens is 1. The van der Waals surface area contributed by atoms with Crippen molar-refractivity contribution in [2.24, 2.45) is 5.92 Å². The van der Waals surface area contributed by atoms with E-state index in [4.69, 9.17) is 11.6 Å². The van der Waals surface area contributed by atoms with Crippen LogP contribution in [0.4, 0.5) is 18.9 Å². The molecular weight excluding hydrogens is 519 g/mol. The van der Waals surface area contributed by atoms with Crippen molar-refractivity contribution in [3.05, 3.63) is 93.5 Å². The molecule has 6 nitrogen and oxygen atoms in total. The van der Waals surface area contributed by atoms with Crippen LogP contribution in [0, 0.1) is 30.3 Å². The maximum absolute atomic E-state index is 14.7. The molecule has 1 unspecified atom stereocenters. The number of pyridine rings is 1. The number of anilines is 1. The van der Waals surface area contributed by atoms with Crippen LogP contribution in [-0.2, 0) is 10.4 Å². The lowest BCUT2D eigenvalue weighted by Gasteiger charge is -2.32. The average molecular weight is 544 g/mol. The number of carbonyl (C=O) groups is 2. The second-order valence-corrected chi connectivity index (χ2v) is 10.3. The third kappa shape index (κ3) is 4.54. The molecule has 0 saturated heterocycles. The zero-order chi connectivity index (χ0) is 27.2. The summed E-state index contributed by atoms with van der Waals surface area (Å²) >= 11 is 5.98. The number of carbonyl (C=O) groups excluding carboxylic acids is 2. The lowest BCUT2D eigenvalue weighted by atomic mass is 9.85. The number of aliphatic hydroxyl groups is 1. The summed E-state index contributed by atoms with van der Waals surface area (Å²) in [5.41, 5.74) is -2.01. The van der Waals surface area contributed by atoms with Crippen LogP contribution in [0.5, 0.6) is 0 Å². The normalized spacial score (nSPS) is 22.9. The van der Waals surface area contributed by atoms with Crippen LogP contribution in [0.2, 0.25) is 5.02 Å². The van der Waals surface area contributed by atoms with Gasteiger partial charge in [0.1, 0.15) is 5.82 Å². The minimum Gasteiger partial charge on any atom is -0.372 e. The topological polar surface area (TPSA) is 82.5 Å². The first kappa shape index (κ1) is 26.2. The summed E-state index contributed by atoms with van der Waals surface area (Å²) in [5.74, 6) is -4.39. The van der Waals surface area contributed by atoms with E-state index in [0.717, 1.165) is 24.3 Å². The maximum Gasteiger partial charge on any atom is 0.268 e. The van der Waals surface area contributed by atoms with Crippen LogP contribution in [0.15, 0.2) is 48.7 Å². The van der Waals surface area contributed by atoms with E-state index in [0.29, 0.717) is 42.0 Å². The van der Waals surface area contributed by atoms with Crippen LogP contribution in [0.1, 0.15) is 52.9 Å². The summed E-state index contributed by atoms with van der Waals surface area (Å²) in [6, 6.07) is 8.20. The Morgan fingerprint density at radius 3 is 2.61 bits per heavy atom. The van der Waals surface area contributed by atoms with Gasteiger partial charge in [-0.1, -0.05) is 23.7 Å². The number of hydrogen-bond donors (Lipinski definition) is 2. The molecule has 2 N–H and O–H groups in total. The van der Waals surface area contributed by atoms with Gasteiger partial charge in [-0.05, 0) is 68.9 Å². The monoisotopic (exact) mass is 543 g/mol. The van der Waals surface area contributed by atoms with Crippen LogP contribution in [-0.4, -0.2) is 34.5 Å². The van der Waals surface area contributed by atoms with Crippen LogP contribution in [0.25, 0.3) is 0 Å². The summed E-state index contributed by atoms with van der Waals surface area (Å²) in [4.78, 5) is 31.7. The fourth-order valence-corrected chi connectivity index (χ4v) is 5.58. The largest absolute Gasteiger partial charge is 0.372 e. The number of aryl methyl sites for hydroxylation is 1. The Bertz CT molecular complexity index is 1430. The smallest absolute Gasteiger partial charge is 0.268 e. The summed E-state index contributed by atoms with van der Waals surface area (Å²) in [7, 11) is 0. The number of nitrogens with zero attached hydrogens (tertiary/aromatic N) is 2. The van der Waals surface area contributed by atoms with Crippen molar-refractivity contribution in [2.45, 2.75) is 44.2 Å². The van der Waals surface area contributed by atoms with Gasteiger partial charge in [0.05, 0.1) is 22.0 Å². The fourth-order valence-electron chi connectivity index (χ4n) is 5.43. The zero-order valence-corrected chi connectivity index (χ0v) is 21.2. The third-order valence-corrected chi connectivity index (χ3v) is 7.66. The molecule has 2 aliphatic rings. The van der Waals surface area contributed by atoms with Gasteiger partial charge in [-0.3, -0.25) is 14.6 Å². The number of halogens is 4. The number of nitrogens with one attached hydrogen (secondary N) is 1. The predicted octanol–water partition coefficient (Wildman–Crippen LogP) is 5.03. The number of benzene rings is 2. The SMILES string of the molecule is Cc1ncc(Cl)cc1C(=O)NC1CCC(CN2C(=O)C(O)(c3cccc(F)c3F)c3cc(F)ccc32)CC1. The third-order valence-electron chi connectivity index (χ3n) is 7.46. The molecule has 5 rings (SSSR count). The Morgan fingerprint density at radius 1 is 1.13 bits per heavy atom. The predicted molar refractivity (Wildman–Crippen MR) is 135 cm³/mol. The van der Waals surface area contributed by atoms with Gasteiger partial charge in [-0.15, -0.1) is 0 Å². The molecule has 1 aliphatic carbocycles. The summed E-state index contributed by atoms with van der Waals surface area (Å²) in [6.07, 6.45) is 4.14. The molecule has 2 aromatic carbocycles. The van der Waals surface area contributed by atoms with E-state index in [-0.39, 0.29) is 35.7 Å². The Morgan fingerprint density at radius 2 is 1.87 bits per heavy atom. The van der Waals surface area contributed by atoms with Crippen molar-refractivity contribution in [3.8, 4) is 0 Å². The van der Waals surface area contributed by atoms with E-state index in [1.807, 2.05) is 0 Å². The molecule has 1 saturated carbocycles. The second kappa shape index (κ2) is 10.0. The van der Waals surface area contributed by atoms with E-state index >= 15 is 0 Å². The van der Waals surface area contributed by atoms with Crippen LogP contribution >= 0.6 is 11.6 Å². The first-order chi connectivity index (χ1) is 18.1. The Hall–Kier alpha value is -3.43. The molecule has 2 heterocycles. The number of hydrogen-bond acceptors (Lipinski definition) is 4. The highest BCUT2D eigenvalue weighted by Crippen LogP contribution is 2.46. The minimum atomic E-state index is -2.56.